The van der Waals surface area contributed by atoms with E-state index >= 15 is 0 Å². The third-order valence-electron chi connectivity index (χ3n) is 3.94. The maximum absolute atomic E-state index is 11.7. The molecule has 0 saturated carbocycles. The summed E-state index contributed by atoms with van der Waals surface area (Å²) in [5.41, 5.74) is 2.73. The van der Waals surface area contributed by atoms with Crippen LogP contribution in [0.3, 0.4) is 0 Å². The van der Waals surface area contributed by atoms with E-state index in [0.29, 0.717) is 13.1 Å². The van der Waals surface area contributed by atoms with Crippen LogP contribution in [0.4, 0.5) is 0 Å². The average molecular weight is 321 g/mol. The van der Waals surface area contributed by atoms with Gasteiger partial charge in [0.2, 0.25) is 5.91 Å². The number of rotatable bonds is 8. The van der Waals surface area contributed by atoms with E-state index in [9.17, 15) is 4.79 Å². The van der Waals surface area contributed by atoms with Gasteiger partial charge < -0.3 is 10.6 Å². The highest BCUT2D eigenvalue weighted by Gasteiger charge is 2.04. The molecular weight excluding hydrogens is 296 g/mol. The van der Waals surface area contributed by atoms with Crippen LogP contribution in [0, 0.1) is 0 Å². The molecule has 2 N–H and O–H groups in total. The highest BCUT2D eigenvalue weighted by Crippen LogP contribution is 2.19. The number of benzene rings is 1. The van der Waals surface area contributed by atoms with Crippen molar-refractivity contribution in [2.75, 3.05) is 19.6 Å². The minimum atomic E-state index is 0.0617. The lowest BCUT2D eigenvalue weighted by molar-refractivity contribution is -0.120. The van der Waals surface area contributed by atoms with E-state index in [0.717, 1.165) is 24.4 Å². The van der Waals surface area contributed by atoms with Crippen LogP contribution in [0.15, 0.2) is 35.9 Å². The Morgan fingerprint density at radius 2 is 1.91 bits per heavy atom. The molecule has 0 radical (unpaired) electrons. The normalized spacial score (nSPS) is 14.5. The Balaban J connectivity index is 1.52. The van der Waals surface area contributed by atoms with Gasteiger partial charge in [0, 0.05) is 11.6 Å². The number of nitrogens with one attached hydrogen (secondary N) is 2. The van der Waals surface area contributed by atoms with E-state index in [-0.39, 0.29) is 5.91 Å². The van der Waals surface area contributed by atoms with Crippen molar-refractivity contribution in [3.05, 3.63) is 46.5 Å². The molecule has 2 rings (SSSR count). The summed E-state index contributed by atoms with van der Waals surface area (Å²) < 4.78 is 0. The van der Waals surface area contributed by atoms with Gasteiger partial charge in [-0.1, -0.05) is 35.4 Å². The largest absolute Gasteiger partial charge is 0.355 e. The third-order valence-corrected chi connectivity index (χ3v) is 4.19. The van der Waals surface area contributed by atoms with E-state index in [2.05, 4.69) is 16.7 Å². The van der Waals surface area contributed by atoms with Gasteiger partial charge in [-0.25, -0.2) is 0 Å². The highest BCUT2D eigenvalue weighted by atomic mass is 35.5. The molecule has 0 heterocycles. The van der Waals surface area contributed by atoms with Crippen LogP contribution in [-0.4, -0.2) is 25.5 Å². The van der Waals surface area contributed by atoms with Gasteiger partial charge >= 0.3 is 0 Å². The average Bonchev–Trinajstić information content (AvgIpc) is 2.54. The molecule has 1 aliphatic carbocycles. The number of allylic oxidation sites excluding steroid dienone is 1. The zero-order valence-electron chi connectivity index (χ0n) is 13.0. The van der Waals surface area contributed by atoms with Gasteiger partial charge in [0.15, 0.2) is 0 Å². The Labute approximate surface area is 138 Å². The van der Waals surface area contributed by atoms with Crippen LogP contribution in [0.25, 0.3) is 0 Å². The zero-order valence-corrected chi connectivity index (χ0v) is 13.8. The van der Waals surface area contributed by atoms with Crippen molar-refractivity contribution in [1.82, 2.24) is 10.6 Å². The van der Waals surface area contributed by atoms with Crippen molar-refractivity contribution in [1.29, 1.82) is 0 Å². The molecule has 0 fully saturated rings. The molecule has 1 aromatic rings. The SMILES string of the molecule is O=C(CNCCC1=CCCCC1)NCCc1ccc(Cl)cc1. The third kappa shape index (κ3) is 6.63. The lowest BCUT2D eigenvalue weighted by Crippen LogP contribution is -2.35. The van der Waals surface area contributed by atoms with Crippen LogP contribution in [0.2, 0.25) is 5.02 Å². The molecule has 0 saturated heterocycles. The Kier molecular flexibility index (Phi) is 7.47. The molecule has 3 nitrogen and oxygen atoms in total. The van der Waals surface area contributed by atoms with Crippen molar-refractivity contribution < 1.29 is 4.79 Å². The molecule has 22 heavy (non-hydrogen) atoms. The predicted molar refractivity (Wildman–Crippen MR) is 92.2 cm³/mol. The Hall–Kier alpha value is -1.32. The number of hydrogen-bond acceptors (Lipinski definition) is 2. The monoisotopic (exact) mass is 320 g/mol. The quantitative estimate of drug-likeness (QED) is 0.569. The van der Waals surface area contributed by atoms with Gasteiger partial charge in [0.1, 0.15) is 0 Å². The Morgan fingerprint density at radius 1 is 1.09 bits per heavy atom. The van der Waals surface area contributed by atoms with Crippen molar-refractivity contribution in [2.45, 2.75) is 38.5 Å². The second-order valence-corrected chi connectivity index (χ2v) is 6.20. The number of amides is 1. The van der Waals surface area contributed by atoms with Crippen molar-refractivity contribution in [3.8, 4) is 0 Å². The van der Waals surface area contributed by atoms with Crippen molar-refractivity contribution in [3.63, 3.8) is 0 Å². The molecule has 1 amide bonds. The topological polar surface area (TPSA) is 41.1 Å². The molecule has 0 bridgehead atoms. The van der Waals surface area contributed by atoms with Gasteiger partial charge in [-0.3, -0.25) is 4.79 Å². The number of carbonyl (C=O) groups is 1. The molecule has 4 heteroatoms. The summed E-state index contributed by atoms with van der Waals surface area (Å²) in [6, 6.07) is 7.73. The molecule has 0 aliphatic heterocycles. The van der Waals surface area contributed by atoms with Crippen LogP contribution >= 0.6 is 11.6 Å². The van der Waals surface area contributed by atoms with Crippen LogP contribution in [0.5, 0.6) is 0 Å². The summed E-state index contributed by atoms with van der Waals surface area (Å²) in [4.78, 5) is 11.7. The van der Waals surface area contributed by atoms with Gasteiger partial charge in [-0.15, -0.1) is 0 Å². The number of carbonyl (C=O) groups excluding carboxylic acids is 1. The molecule has 0 atom stereocenters. The maximum Gasteiger partial charge on any atom is 0.233 e. The minimum Gasteiger partial charge on any atom is -0.355 e. The number of halogens is 1. The molecule has 0 spiro atoms. The predicted octanol–water partition coefficient (Wildman–Crippen LogP) is 3.48. The van der Waals surface area contributed by atoms with E-state index in [1.54, 1.807) is 5.57 Å². The summed E-state index contributed by atoms with van der Waals surface area (Å²) in [6.07, 6.45) is 9.35. The van der Waals surface area contributed by atoms with Crippen LogP contribution < -0.4 is 10.6 Å². The molecule has 120 valence electrons. The number of hydrogen-bond donors (Lipinski definition) is 2. The highest BCUT2D eigenvalue weighted by molar-refractivity contribution is 6.30. The first kappa shape index (κ1) is 17.0. The fourth-order valence-electron chi connectivity index (χ4n) is 2.64. The van der Waals surface area contributed by atoms with Crippen molar-refractivity contribution >= 4 is 17.5 Å². The van der Waals surface area contributed by atoms with E-state index in [4.69, 9.17) is 11.6 Å². The lowest BCUT2D eigenvalue weighted by Gasteiger charge is -2.13. The second-order valence-electron chi connectivity index (χ2n) is 5.76. The van der Waals surface area contributed by atoms with Gasteiger partial charge in [-0.2, -0.15) is 0 Å². The molecular formula is C18H25ClN2O. The van der Waals surface area contributed by atoms with Gasteiger partial charge in [-0.05, 0) is 62.8 Å². The zero-order chi connectivity index (χ0) is 15.6. The standard InChI is InChI=1S/C18H25ClN2O/c19-17-8-6-16(7-9-17)11-13-21-18(22)14-20-12-10-15-4-2-1-3-5-15/h4,6-9,20H,1-3,5,10-14H2,(H,21,22). The fraction of sp³-hybridized carbons (Fsp3) is 0.500. The summed E-state index contributed by atoms with van der Waals surface area (Å²) in [6.45, 7) is 1.94. The van der Waals surface area contributed by atoms with Crippen LogP contribution in [-0.2, 0) is 11.2 Å². The first-order valence-corrected chi connectivity index (χ1v) is 8.51. The molecule has 1 aliphatic rings. The smallest absolute Gasteiger partial charge is 0.233 e. The maximum atomic E-state index is 11.7. The summed E-state index contributed by atoms with van der Waals surface area (Å²) >= 11 is 5.84. The van der Waals surface area contributed by atoms with E-state index in [1.807, 2.05) is 24.3 Å². The second kappa shape index (κ2) is 9.65. The Morgan fingerprint density at radius 3 is 2.64 bits per heavy atom. The summed E-state index contributed by atoms with van der Waals surface area (Å²) in [5.74, 6) is 0.0617. The lowest BCUT2D eigenvalue weighted by atomic mass is 9.97. The molecule has 0 unspecified atom stereocenters. The van der Waals surface area contributed by atoms with Gasteiger partial charge in [0.25, 0.3) is 0 Å². The van der Waals surface area contributed by atoms with Gasteiger partial charge in [0.05, 0.1) is 6.54 Å². The van der Waals surface area contributed by atoms with E-state index < -0.39 is 0 Å². The first-order chi connectivity index (χ1) is 10.7. The Bertz CT molecular complexity index is 496. The van der Waals surface area contributed by atoms with E-state index in [1.165, 1.54) is 31.2 Å². The fourth-order valence-corrected chi connectivity index (χ4v) is 2.77. The van der Waals surface area contributed by atoms with Crippen LogP contribution in [0.1, 0.15) is 37.7 Å². The minimum absolute atomic E-state index is 0.0617. The molecule has 0 aromatic heterocycles. The molecule has 1 aromatic carbocycles. The first-order valence-electron chi connectivity index (χ1n) is 8.14. The summed E-state index contributed by atoms with van der Waals surface area (Å²) in [7, 11) is 0. The van der Waals surface area contributed by atoms with Crippen molar-refractivity contribution in [2.24, 2.45) is 0 Å². The summed E-state index contributed by atoms with van der Waals surface area (Å²) in [5, 5.41) is 6.89.